The Morgan fingerprint density at radius 2 is 2.24 bits per heavy atom. The fraction of sp³-hybridized carbons (Fsp3) is 0.500. The first-order chi connectivity index (χ1) is 8.36. The van der Waals surface area contributed by atoms with E-state index in [2.05, 4.69) is 23.5 Å². The van der Waals surface area contributed by atoms with Gasteiger partial charge in [0.1, 0.15) is 0 Å². The Balaban J connectivity index is 1.79. The fourth-order valence-electron chi connectivity index (χ4n) is 2.85. The van der Waals surface area contributed by atoms with Gasteiger partial charge in [0.25, 0.3) is 0 Å². The van der Waals surface area contributed by atoms with Gasteiger partial charge in [-0.2, -0.15) is 0 Å². The number of nitrogens with zero attached hydrogens (tertiary/aromatic N) is 1. The molecule has 0 saturated carbocycles. The molecule has 2 aliphatic rings. The largest absolute Gasteiger partial charge is 0.316 e. The van der Waals surface area contributed by atoms with Crippen LogP contribution in [0.5, 0.6) is 0 Å². The molecule has 1 amide bonds. The number of piperidine rings is 1. The fourth-order valence-corrected chi connectivity index (χ4v) is 2.85. The average Bonchev–Trinajstić information content (AvgIpc) is 2.83. The van der Waals surface area contributed by atoms with Crippen molar-refractivity contribution in [1.29, 1.82) is 0 Å². The maximum atomic E-state index is 12.4. The number of carbonyl (C=O) groups excluding carboxylic acids is 1. The molecule has 2 aliphatic heterocycles. The minimum atomic E-state index is 0.176. The lowest BCUT2D eigenvalue weighted by Gasteiger charge is -2.27. The Hall–Kier alpha value is -1.35. The summed E-state index contributed by atoms with van der Waals surface area (Å²) in [6.07, 6.45) is 3.15. The van der Waals surface area contributed by atoms with Crippen molar-refractivity contribution < 1.29 is 4.79 Å². The number of hydrogen-bond acceptors (Lipinski definition) is 2. The van der Waals surface area contributed by atoms with Crippen molar-refractivity contribution in [2.45, 2.75) is 19.3 Å². The standard InChI is InChI=1S/C14H18N2O/c17-14(12-5-3-8-15-10-12)16-9-7-11-4-1-2-6-13(11)16/h1-2,4,6,12,15H,3,5,7-10H2/t12-/m1/s1. The van der Waals surface area contributed by atoms with Gasteiger partial charge in [0, 0.05) is 18.8 Å². The van der Waals surface area contributed by atoms with Crippen LogP contribution in [0.4, 0.5) is 5.69 Å². The summed E-state index contributed by atoms with van der Waals surface area (Å²) in [5, 5.41) is 3.32. The Morgan fingerprint density at radius 3 is 3.06 bits per heavy atom. The number of fused-ring (bicyclic) bond motifs is 1. The van der Waals surface area contributed by atoms with Crippen molar-refractivity contribution in [2.24, 2.45) is 5.92 Å². The quantitative estimate of drug-likeness (QED) is 0.794. The maximum Gasteiger partial charge on any atom is 0.231 e. The highest BCUT2D eigenvalue weighted by atomic mass is 16.2. The molecular weight excluding hydrogens is 212 g/mol. The number of amides is 1. The van der Waals surface area contributed by atoms with E-state index in [9.17, 15) is 4.79 Å². The van der Waals surface area contributed by atoms with Gasteiger partial charge in [-0.05, 0) is 37.4 Å². The molecule has 1 N–H and O–H groups in total. The van der Waals surface area contributed by atoms with E-state index in [4.69, 9.17) is 0 Å². The first-order valence-electron chi connectivity index (χ1n) is 6.46. The van der Waals surface area contributed by atoms with Gasteiger partial charge >= 0.3 is 0 Å². The van der Waals surface area contributed by atoms with E-state index in [1.165, 1.54) is 5.56 Å². The summed E-state index contributed by atoms with van der Waals surface area (Å²) in [6, 6.07) is 8.26. The van der Waals surface area contributed by atoms with E-state index >= 15 is 0 Å². The maximum absolute atomic E-state index is 12.4. The van der Waals surface area contributed by atoms with E-state index in [0.29, 0.717) is 5.91 Å². The molecule has 0 bridgehead atoms. The summed E-state index contributed by atoms with van der Waals surface area (Å²) in [5.41, 5.74) is 2.44. The van der Waals surface area contributed by atoms with Gasteiger partial charge in [-0.3, -0.25) is 4.79 Å². The van der Waals surface area contributed by atoms with Gasteiger partial charge in [0.05, 0.1) is 5.92 Å². The van der Waals surface area contributed by atoms with Crippen LogP contribution in [0.2, 0.25) is 0 Å². The van der Waals surface area contributed by atoms with Crippen molar-refractivity contribution in [2.75, 3.05) is 24.5 Å². The van der Waals surface area contributed by atoms with Crippen LogP contribution < -0.4 is 10.2 Å². The van der Waals surface area contributed by atoms with Crippen LogP contribution in [-0.4, -0.2) is 25.5 Å². The lowest BCUT2D eigenvalue weighted by atomic mass is 9.98. The van der Waals surface area contributed by atoms with Gasteiger partial charge in [-0.25, -0.2) is 0 Å². The zero-order valence-electron chi connectivity index (χ0n) is 9.98. The summed E-state index contributed by atoms with van der Waals surface area (Å²) in [7, 11) is 0. The predicted octanol–water partition coefficient (Wildman–Crippen LogP) is 1.58. The van der Waals surface area contributed by atoms with Crippen LogP contribution in [0.15, 0.2) is 24.3 Å². The molecule has 1 fully saturated rings. The summed E-state index contributed by atoms with van der Waals surface area (Å²) < 4.78 is 0. The SMILES string of the molecule is O=C([C@@H]1CCCNC1)N1CCc2ccccc21. The number of para-hydroxylation sites is 1. The number of hydrogen-bond donors (Lipinski definition) is 1. The van der Waals surface area contributed by atoms with E-state index in [1.54, 1.807) is 0 Å². The molecule has 3 heteroatoms. The molecule has 1 aromatic rings. The molecule has 0 aliphatic carbocycles. The number of anilines is 1. The van der Waals surface area contributed by atoms with Gasteiger partial charge in [-0.1, -0.05) is 18.2 Å². The van der Waals surface area contributed by atoms with Crippen molar-refractivity contribution in [3.63, 3.8) is 0 Å². The number of benzene rings is 1. The molecule has 0 unspecified atom stereocenters. The second kappa shape index (κ2) is 4.49. The lowest BCUT2D eigenvalue weighted by Crippen LogP contribution is -2.42. The molecular formula is C14H18N2O. The monoisotopic (exact) mass is 230 g/mol. The van der Waals surface area contributed by atoms with Gasteiger partial charge in [0.15, 0.2) is 0 Å². The van der Waals surface area contributed by atoms with Crippen LogP contribution in [0, 0.1) is 5.92 Å². The molecule has 1 saturated heterocycles. The van der Waals surface area contributed by atoms with Gasteiger partial charge in [-0.15, -0.1) is 0 Å². The van der Waals surface area contributed by atoms with Crippen LogP contribution in [0.25, 0.3) is 0 Å². The third-order valence-corrected chi connectivity index (χ3v) is 3.80. The Labute approximate surface area is 102 Å². The summed E-state index contributed by atoms with van der Waals surface area (Å²) in [4.78, 5) is 14.4. The molecule has 3 rings (SSSR count). The highest BCUT2D eigenvalue weighted by molar-refractivity contribution is 5.97. The predicted molar refractivity (Wildman–Crippen MR) is 68.1 cm³/mol. The van der Waals surface area contributed by atoms with Gasteiger partial charge < -0.3 is 10.2 Å². The van der Waals surface area contributed by atoms with E-state index in [0.717, 1.165) is 44.6 Å². The number of carbonyl (C=O) groups is 1. The van der Waals surface area contributed by atoms with Crippen LogP contribution >= 0.6 is 0 Å². The highest BCUT2D eigenvalue weighted by Crippen LogP contribution is 2.29. The molecule has 1 aromatic carbocycles. The molecule has 0 radical (unpaired) electrons. The zero-order valence-corrected chi connectivity index (χ0v) is 9.98. The van der Waals surface area contributed by atoms with Crippen LogP contribution in [-0.2, 0) is 11.2 Å². The molecule has 0 aromatic heterocycles. The Kier molecular flexibility index (Phi) is 2.85. The summed E-state index contributed by atoms with van der Waals surface area (Å²) >= 11 is 0. The number of rotatable bonds is 1. The molecule has 90 valence electrons. The molecule has 1 atom stereocenters. The van der Waals surface area contributed by atoms with Crippen molar-refractivity contribution in [3.05, 3.63) is 29.8 Å². The number of nitrogens with one attached hydrogen (secondary N) is 1. The second-order valence-electron chi connectivity index (χ2n) is 4.91. The van der Waals surface area contributed by atoms with Crippen LogP contribution in [0.1, 0.15) is 18.4 Å². The minimum absolute atomic E-state index is 0.176. The summed E-state index contributed by atoms with van der Waals surface area (Å²) in [5.74, 6) is 0.483. The van der Waals surface area contributed by atoms with E-state index in [-0.39, 0.29) is 5.92 Å². The molecule has 2 heterocycles. The van der Waals surface area contributed by atoms with Crippen molar-refractivity contribution >= 4 is 11.6 Å². The Bertz CT molecular complexity index is 424. The average molecular weight is 230 g/mol. The Morgan fingerprint density at radius 1 is 1.35 bits per heavy atom. The second-order valence-corrected chi connectivity index (χ2v) is 4.91. The topological polar surface area (TPSA) is 32.3 Å². The molecule has 0 spiro atoms. The highest BCUT2D eigenvalue weighted by Gasteiger charge is 2.30. The van der Waals surface area contributed by atoms with Crippen LogP contribution in [0.3, 0.4) is 0 Å². The lowest BCUT2D eigenvalue weighted by molar-refractivity contribution is -0.122. The van der Waals surface area contributed by atoms with Gasteiger partial charge in [0.2, 0.25) is 5.91 Å². The normalized spacial score (nSPS) is 23.5. The van der Waals surface area contributed by atoms with E-state index < -0.39 is 0 Å². The van der Waals surface area contributed by atoms with E-state index in [1.807, 2.05) is 11.0 Å². The zero-order chi connectivity index (χ0) is 11.7. The first-order valence-corrected chi connectivity index (χ1v) is 6.46. The third-order valence-electron chi connectivity index (χ3n) is 3.80. The first kappa shape index (κ1) is 10.8. The molecule has 17 heavy (non-hydrogen) atoms. The van der Waals surface area contributed by atoms with Crippen molar-refractivity contribution in [1.82, 2.24) is 5.32 Å². The third kappa shape index (κ3) is 1.95. The van der Waals surface area contributed by atoms with Crippen molar-refractivity contribution in [3.8, 4) is 0 Å². The summed E-state index contributed by atoms with van der Waals surface area (Å²) in [6.45, 7) is 2.76. The smallest absolute Gasteiger partial charge is 0.231 e. The molecule has 3 nitrogen and oxygen atoms in total. The minimum Gasteiger partial charge on any atom is -0.316 e.